The van der Waals surface area contributed by atoms with Crippen LogP contribution < -0.4 is 19.7 Å². The van der Waals surface area contributed by atoms with E-state index in [4.69, 9.17) is 9.47 Å². The number of anilines is 1. The van der Waals surface area contributed by atoms with E-state index in [1.807, 2.05) is 23.1 Å². The van der Waals surface area contributed by atoms with Crippen LogP contribution in [0, 0.1) is 0 Å². The molecule has 0 bridgehead atoms. The molecule has 0 spiro atoms. The molecule has 1 aromatic rings. The Morgan fingerprint density at radius 3 is 2.40 bits per heavy atom. The van der Waals surface area contributed by atoms with Gasteiger partial charge in [0.15, 0.2) is 0 Å². The first-order valence-corrected chi connectivity index (χ1v) is 9.23. The standard InChI is InChI=1S/C19H29N3O3/c1-24-16-8-9-18(25-2)17(14-16)21-10-12-22(13-11-21)19(23)20-15-6-4-3-5-7-15/h8-9,14-15H,3-7,10-13H2,1-2H3,(H,20,23). The van der Waals surface area contributed by atoms with Gasteiger partial charge in [-0.2, -0.15) is 0 Å². The van der Waals surface area contributed by atoms with Crippen LogP contribution in [0.4, 0.5) is 10.5 Å². The van der Waals surface area contributed by atoms with Gasteiger partial charge in [-0.1, -0.05) is 19.3 Å². The molecule has 138 valence electrons. The van der Waals surface area contributed by atoms with E-state index in [2.05, 4.69) is 10.2 Å². The zero-order valence-electron chi connectivity index (χ0n) is 15.3. The predicted molar refractivity (Wildman–Crippen MR) is 98.7 cm³/mol. The fraction of sp³-hybridized carbons (Fsp3) is 0.632. The Labute approximate surface area is 150 Å². The number of nitrogens with zero attached hydrogens (tertiary/aromatic N) is 2. The van der Waals surface area contributed by atoms with Crippen molar-refractivity contribution < 1.29 is 14.3 Å². The van der Waals surface area contributed by atoms with Gasteiger partial charge in [-0.25, -0.2) is 4.79 Å². The molecular formula is C19H29N3O3. The highest BCUT2D eigenvalue weighted by molar-refractivity contribution is 5.75. The molecule has 1 saturated carbocycles. The lowest BCUT2D eigenvalue weighted by molar-refractivity contribution is 0.186. The summed E-state index contributed by atoms with van der Waals surface area (Å²) in [6.07, 6.45) is 6.00. The molecule has 0 aromatic heterocycles. The number of amides is 2. The van der Waals surface area contributed by atoms with Gasteiger partial charge in [0.25, 0.3) is 0 Å². The van der Waals surface area contributed by atoms with Crippen molar-refractivity contribution in [3.8, 4) is 11.5 Å². The molecule has 6 nitrogen and oxygen atoms in total. The van der Waals surface area contributed by atoms with Crippen LogP contribution in [-0.2, 0) is 0 Å². The Kier molecular flexibility index (Phi) is 5.89. The number of benzene rings is 1. The second-order valence-electron chi connectivity index (χ2n) is 6.80. The minimum atomic E-state index is 0.0872. The Morgan fingerprint density at radius 2 is 1.76 bits per heavy atom. The van der Waals surface area contributed by atoms with Crippen LogP contribution in [0.5, 0.6) is 11.5 Å². The van der Waals surface area contributed by atoms with Crippen LogP contribution in [0.25, 0.3) is 0 Å². The fourth-order valence-corrected chi connectivity index (χ4v) is 3.71. The summed E-state index contributed by atoms with van der Waals surface area (Å²) < 4.78 is 10.8. The summed E-state index contributed by atoms with van der Waals surface area (Å²) in [5, 5.41) is 3.21. The number of carbonyl (C=O) groups is 1. The Hall–Kier alpha value is -2.11. The predicted octanol–water partition coefficient (Wildman–Crippen LogP) is 2.87. The van der Waals surface area contributed by atoms with Crippen molar-refractivity contribution in [1.82, 2.24) is 10.2 Å². The van der Waals surface area contributed by atoms with Crippen molar-refractivity contribution >= 4 is 11.7 Å². The SMILES string of the molecule is COc1ccc(OC)c(N2CCN(C(=O)NC3CCCCC3)CC2)c1. The smallest absolute Gasteiger partial charge is 0.317 e. The zero-order valence-corrected chi connectivity index (χ0v) is 15.3. The molecular weight excluding hydrogens is 318 g/mol. The lowest BCUT2D eigenvalue weighted by Gasteiger charge is -2.37. The third-order valence-electron chi connectivity index (χ3n) is 5.23. The van der Waals surface area contributed by atoms with E-state index in [9.17, 15) is 4.79 Å². The van der Waals surface area contributed by atoms with Crippen molar-refractivity contribution in [3.05, 3.63) is 18.2 Å². The van der Waals surface area contributed by atoms with Gasteiger partial charge in [-0.05, 0) is 25.0 Å². The second-order valence-corrected chi connectivity index (χ2v) is 6.80. The van der Waals surface area contributed by atoms with Crippen LogP contribution in [0.15, 0.2) is 18.2 Å². The van der Waals surface area contributed by atoms with Crippen molar-refractivity contribution in [2.75, 3.05) is 45.3 Å². The van der Waals surface area contributed by atoms with E-state index >= 15 is 0 Å². The van der Waals surface area contributed by atoms with E-state index in [0.717, 1.165) is 56.2 Å². The zero-order chi connectivity index (χ0) is 17.6. The molecule has 2 aliphatic rings. The Bertz CT molecular complexity index is 579. The second kappa shape index (κ2) is 8.32. The van der Waals surface area contributed by atoms with E-state index in [1.54, 1.807) is 14.2 Å². The third kappa shape index (κ3) is 4.30. The average molecular weight is 347 g/mol. The summed E-state index contributed by atoms with van der Waals surface area (Å²) in [6.45, 7) is 3.03. The number of hydrogen-bond acceptors (Lipinski definition) is 4. The molecule has 0 radical (unpaired) electrons. The average Bonchev–Trinajstić information content (AvgIpc) is 2.68. The highest BCUT2D eigenvalue weighted by Gasteiger charge is 2.25. The van der Waals surface area contributed by atoms with Crippen molar-refractivity contribution in [3.63, 3.8) is 0 Å². The molecule has 6 heteroatoms. The quantitative estimate of drug-likeness (QED) is 0.910. The first-order valence-electron chi connectivity index (χ1n) is 9.23. The molecule has 1 N–H and O–H groups in total. The van der Waals surface area contributed by atoms with Crippen molar-refractivity contribution in [1.29, 1.82) is 0 Å². The number of methoxy groups -OCH3 is 2. The van der Waals surface area contributed by atoms with Crippen molar-refractivity contribution in [2.24, 2.45) is 0 Å². The van der Waals surface area contributed by atoms with Crippen LogP contribution in [0.3, 0.4) is 0 Å². The number of hydrogen-bond donors (Lipinski definition) is 1. The minimum absolute atomic E-state index is 0.0872. The van der Waals surface area contributed by atoms with Gasteiger partial charge in [0, 0.05) is 38.3 Å². The molecule has 25 heavy (non-hydrogen) atoms. The summed E-state index contributed by atoms with van der Waals surface area (Å²) in [5.74, 6) is 1.65. The van der Waals surface area contributed by atoms with E-state index in [-0.39, 0.29) is 6.03 Å². The van der Waals surface area contributed by atoms with Crippen LogP contribution in [0.1, 0.15) is 32.1 Å². The molecule has 0 atom stereocenters. The molecule has 1 saturated heterocycles. The monoisotopic (exact) mass is 347 g/mol. The molecule has 2 amide bonds. The molecule has 1 aliphatic heterocycles. The Balaban J connectivity index is 1.57. The van der Waals surface area contributed by atoms with Gasteiger partial charge >= 0.3 is 6.03 Å². The Morgan fingerprint density at radius 1 is 1.04 bits per heavy atom. The van der Waals surface area contributed by atoms with Gasteiger partial charge < -0.3 is 24.6 Å². The summed E-state index contributed by atoms with van der Waals surface area (Å²) in [5.41, 5.74) is 1.02. The number of carbonyl (C=O) groups excluding carboxylic acids is 1. The number of piperazine rings is 1. The lowest BCUT2D eigenvalue weighted by Crippen LogP contribution is -2.53. The maximum Gasteiger partial charge on any atom is 0.317 e. The van der Waals surface area contributed by atoms with E-state index in [1.165, 1.54) is 19.3 Å². The molecule has 1 heterocycles. The van der Waals surface area contributed by atoms with Crippen LogP contribution >= 0.6 is 0 Å². The summed E-state index contributed by atoms with van der Waals surface area (Å²) in [4.78, 5) is 16.7. The van der Waals surface area contributed by atoms with Gasteiger partial charge in [0.05, 0.1) is 19.9 Å². The third-order valence-corrected chi connectivity index (χ3v) is 5.23. The largest absolute Gasteiger partial charge is 0.497 e. The van der Waals surface area contributed by atoms with Crippen LogP contribution in [0.2, 0.25) is 0 Å². The van der Waals surface area contributed by atoms with Gasteiger partial charge in [-0.15, -0.1) is 0 Å². The van der Waals surface area contributed by atoms with E-state index in [0.29, 0.717) is 6.04 Å². The summed E-state index contributed by atoms with van der Waals surface area (Å²) in [6, 6.07) is 6.27. The first-order chi connectivity index (χ1) is 12.2. The normalized spacial score (nSPS) is 18.8. The maximum absolute atomic E-state index is 12.5. The molecule has 3 rings (SSSR count). The number of nitrogens with one attached hydrogen (secondary N) is 1. The van der Waals surface area contributed by atoms with Gasteiger partial charge in [-0.3, -0.25) is 0 Å². The molecule has 1 aliphatic carbocycles. The minimum Gasteiger partial charge on any atom is -0.497 e. The molecule has 1 aromatic carbocycles. The summed E-state index contributed by atoms with van der Waals surface area (Å²) in [7, 11) is 3.35. The summed E-state index contributed by atoms with van der Waals surface area (Å²) >= 11 is 0. The van der Waals surface area contributed by atoms with Crippen molar-refractivity contribution in [2.45, 2.75) is 38.1 Å². The maximum atomic E-state index is 12.5. The molecule has 2 fully saturated rings. The number of rotatable bonds is 4. The van der Waals surface area contributed by atoms with E-state index < -0.39 is 0 Å². The highest BCUT2D eigenvalue weighted by Crippen LogP contribution is 2.32. The number of ether oxygens (including phenoxy) is 2. The highest BCUT2D eigenvalue weighted by atomic mass is 16.5. The fourth-order valence-electron chi connectivity index (χ4n) is 3.71. The first kappa shape index (κ1) is 17.7. The van der Waals surface area contributed by atoms with Gasteiger partial charge in [0.2, 0.25) is 0 Å². The van der Waals surface area contributed by atoms with Crippen LogP contribution in [-0.4, -0.2) is 57.4 Å². The number of urea groups is 1. The van der Waals surface area contributed by atoms with Gasteiger partial charge in [0.1, 0.15) is 11.5 Å². The molecule has 0 unspecified atom stereocenters. The lowest BCUT2D eigenvalue weighted by atomic mass is 9.96. The topological polar surface area (TPSA) is 54.0 Å².